The van der Waals surface area contributed by atoms with Crippen molar-refractivity contribution in [2.75, 3.05) is 20.1 Å². The molecule has 0 aromatic heterocycles. The summed E-state index contributed by atoms with van der Waals surface area (Å²) in [5, 5.41) is 11.7. The van der Waals surface area contributed by atoms with Gasteiger partial charge in [-0.3, -0.25) is 0 Å². The number of carbonyl (C=O) groups is 2. The van der Waals surface area contributed by atoms with Gasteiger partial charge in [0.15, 0.2) is 0 Å². The Morgan fingerprint density at radius 3 is 2.70 bits per heavy atom. The molecule has 0 aliphatic carbocycles. The van der Waals surface area contributed by atoms with E-state index in [2.05, 4.69) is 17.2 Å². The molecule has 20 heavy (non-hydrogen) atoms. The van der Waals surface area contributed by atoms with E-state index in [-0.39, 0.29) is 11.6 Å². The van der Waals surface area contributed by atoms with Crippen molar-refractivity contribution in [2.45, 2.75) is 13.3 Å². The SMILES string of the molecule is CC#CCNC(=O)N(C)CCc1ccccc1C(=O)O. The minimum Gasteiger partial charge on any atom is -0.478 e. The number of benzene rings is 1. The average Bonchev–Trinajstić information content (AvgIpc) is 2.45. The zero-order valence-corrected chi connectivity index (χ0v) is 11.6. The molecule has 2 N–H and O–H groups in total. The lowest BCUT2D eigenvalue weighted by molar-refractivity contribution is 0.0695. The zero-order valence-electron chi connectivity index (χ0n) is 11.6. The van der Waals surface area contributed by atoms with Crippen LogP contribution in [0.3, 0.4) is 0 Å². The Bertz CT molecular complexity index is 544. The van der Waals surface area contributed by atoms with Gasteiger partial charge < -0.3 is 15.3 Å². The van der Waals surface area contributed by atoms with Crippen molar-refractivity contribution in [1.82, 2.24) is 10.2 Å². The minimum atomic E-state index is -0.953. The number of nitrogens with one attached hydrogen (secondary N) is 1. The van der Waals surface area contributed by atoms with Gasteiger partial charge in [-0.15, -0.1) is 5.92 Å². The van der Waals surface area contributed by atoms with Crippen LogP contribution in [0.4, 0.5) is 4.79 Å². The third kappa shape index (κ3) is 4.65. The highest BCUT2D eigenvalue weighted by atomic mass is 16.4. The summed E-state index contributed by atoms with van der Waals surface area (Å²) in [5.74, 6) is 4.48. The number of urea groups is 1. The van der Waals surface area contributed by atoms with Gasteiger partial charge in [0, 0.05) is 13.6 Å². The Morgan fingerprint density at radius 2 is 2.05 bits per heavy atom. The Balaban J connectivity index is 2.56. The molecule has 0 aliphatic rings. The van der Waals surface area contributed by atoms with Crippen molar-refractivity contribution in [2.24, 2.45) is 0 Å². The number of carboxylic acids is 1. The highest BCUT2D eigenvalue weighted by molar-refractivity contribution is 5.89. The molecule has 0 saturated heterocycles. The summed E-state index contributed by atoms with van der Waals surface area (Å²) >= 11 is 0. The van der Waals surface area contributed by atoms with Crippen LogP contribution in [0, 0.1) is 11.8 Å². The van der Waals surface area contributed by atoms with Gasteiger partial charge in [-0.05, 0) is 25.0 Å². The second-order valence-electron chi connectivity index (χ2n) is 4.22. The van der Waals surface area contributed by atoms with Crippen molar-refractivity contribution < 1.29 is 14.7 Å². The Morgan fingerprint density at radius 1 is 1.35 bits per heavy atom. The number of nitrogens with zero attached hydrogens (tertiary/aromatic N) is 1. The van der Waals surface area contributed by atoms with Crippen molar-refractivity contribution in [3.8, 4) is 11.8 Å². The van der Waals surface area contributed by atoms with Crippen LogP contribution in [0.2, 0.25) is 0 Å². The van der Waals surface area contributed by atoms with Gasteiger partial charge in [-0.2, -0.15) is 0 Å². The highest BCUT2D eigenvalue weighted by Crippen LogP contribution is 2.09. The lowest BCUT2D eigenvalue weighted by Gasteiger charge is -2.17. The third-order valence-electron chi connectivity index (χ3n) is 2.82. The molecule has 5 heteroatoms. The molecule has 1 rings (SSSR count). The smallest absolute Gasteiger partial charge is 0.335 e. The summed E-state index contributed by atoms with van der Waals surface area (Å²) in [7, 11) is 1.66. The van der Waals surface area contributed by atoms with E-state index in [0.29, 0.717) is 25.1 Å². The molecule has 0 atom stereocenters. The quantitative estimate of drug-likeness (QED) is 0.801. The number of hydrogen-bond donors (Lipinski definition) is 2. The maximum absolute atomic E-state index is 11.7. The molecule has 0 bridgehead atoms. The maximum atomic E-state index is 11.7. The molecule has 0 saturated carbocycles. The van der Waals surface area contributed by atoms with Gasteiger partial charge in [0.1, 0.15) is 0 Å². The molecule has 0 heterocycles. The summed E-state index contributed by atoms with van der Waals surface area (Å²) in [6.07, 6.45) is 0.492. The largest absolute Gasteiger partial charge is 0.478 e. The monoisotopic (exact) mass is 274 g/mol. The topological polar surface area (TPSA) is 69.6 Å². The molecule has 1 aromatic rings. The van der Waals surface area contributed by atoms with Gasteiger partial charge in [0.25, 0.3) is 0 Å². The first kappa shape index (κ1) is 15.6. The van der Waals surface area contributed by atoms with Crippen molar-refractivity contribution in [3.63, 3.8) is 0 Å². The van der Waals surface area contributed by atoms with E-state index in [9.17, 15) is 9.59 Å². The Hall–Kier alpha value is -2.48. The molecular weight excluding hydrogens is 256 g/mol. The minimum absolute atomic E-state index is 0.222. The molecule has 106 valence electrons. The number of hydrogen-bond acceptors (Lipinski definition) is 2. The molecule has 2 amide bonds. The van der Waals surface area contributed by atoms with E-state index >= 15 is 0 Å². The number of likely N-dealkylation sites (N-methyl/N-ethyl adjacent to an activating group) is 1. The van der Waals surface area contributed by atoms with Crippen LogP contribution in [0.25, 0.3) is 0 Å². The molecular formula is C15H18N2O3. The Labute approximate surface area is 118 Å². The number of rotatable bonds is 5. The van der Waals surface area contributed by atoms with Crippen molar-refractivity contribution in [1.29, 1.82) is 0 Å². The average molecular weight is 274 g/mol. The summed E-state index contributed by atoms with van der Waals surface area (Å²) in [4.78, 5) is 24.3. The predicted octanol–water partition coefficient (Wildman–Crippen LogP) is 1.59. The second-order valence-corrected chi connectivity index (χ2v) is 4.22. The van der Waals surface area contributed by atoms with Crippen LogP contribution < -0.4 is 5.32 Å². The number of carboxylic acid groups (broad SMARTS) is 1. The fourth-order valence-corrected chi connectivity index (χ4v) is 1.68. The summed E-state index contributed by atoms with van der Waals surface area (Å²) in [5.41, 5.74) is 0.992. The van der Waals surface area contributed by atoms with E-state index in [1.165, 1.54) is 4.90 Å². The van der Waals surface area contributed by atoms with E-state index in [4.69, 9.17) is 5.11 Å². The molecule has 5 nitrogen and oxygen atoms in total. The number of aromatic carboxylic acids is 1. The van der Waals surface area contributed by atoms with Gasteiger partial charge in [0.2, 0.25) is 0 Å². The van der Waals surface area contributed by atoms with Gasteiger partial charge >= 0.3 is 12.0 Å². The van der Waals surface area contributed by atoms with E-state index < -0.39 is 5.97 Å². The van der Waals surface area contributed by atoms with Gasteiger partial charge in [0.05, 0.1) is 12.1 Å². The van der Waals surface area contributed by atoms with Crippen LogP contribution >= 0.6 is 0 Å². The van der Waals surface area contributed by atoms with E-state index in [1.54, 1.807) is 38.2 Å². The standard InChI is InChI=1S/C15H18N2O3/c1-3-4-10-16-15(20)17(2)11-9-12-7-5-6-8-13(12)14(18)19/h5-8H,9-11H2,1-2H3,(H,16,20)(H,18,19). The summed E-state index contributed by atoms with van der Waals surface area (Å²) in [6.45, 7) is 2.46. The molecule has 0 unspecified atom stereocenters. The zero-order chi connectivity index (χ0) is 15.0. The highest BCUT2D eigenvalue weighted by Gasteiger charge is 2.11. The molecule has 0 fully saturated rings. The van der Waals surface area contributed by atoms with Crippen LogP contribution in [-0.4, -0.2) is 42.1 Å². The third-order valence-corrected chi connectivity index (χ3v) is 2.82. The van der Waals surface area contributed by atoms with Crippen LogP contribution in [0.5, 0.6) is 0 Å². The van der Waals surface area contributed by atoms with Crippen LogP contribution in [0.15, 0.2) is 24.3 Å². The number of amides is 2. The fraction of sp³-hybridized carbons (Fsp3) is 0.333. The van der Waals surface area contributed by atoms with Crippen LogP contribution in [0.1, 0.15) is 22.8 Å². The summed E-state index contributed by atoms with van der Waals surface area (Å²) < 4.78 is 0. The van der Waals surface area contributed by atoms with Gasteiger partial charge in [-0.1, -0.05) is 24.1 Å². The van der Waals surface area contributed by atoms with Crippen molar-refractivity contribution in [3.05, 3.63) is 35.4 Å². The number of carbonyl (C=O) groups excluding carboxylic acids is 1. The first-order chi connectivity index (χ1) is 9.56. The second kappa shape index (κ2) is 7.85. The molecule has 0 aliphatic heterocycles. The molecule has 0 spiro atoms. The molecule has 0 radical (unpaired) electrons. The lowest BCUT2D eigenvalue weighted by atomic mass is 10.0. The predicted molar refractivity (Wildman–Crippen MR) is 76.6 cm³/mol. The maximum Gasteiger partial charge on any atom is 0.335 e. The van der Waals surface area contributed by atoms with Crippen LogP contribution in [-0.2, 0) is 6.42 Å². The van der Waals surface area contributed by atoms with Crippen molar-refractivity contribution >= 4 is 12.0 Å². The first-order valence-electron chi connectivity index (χ1n) is 6.26. The van der Waals surface area contributed by atoms with Gasteiger partial charge in [-0.25, -0.2) is 9.59 Å². The van der Waals surface area contributed by atoms with E-state index in [1.807, 2.05) is 0 Å². The fourth-order valence-electron chi connectivity index (χ4n) is 1.68. The molecule has 1 aromatic carbocycles. The normalized spacial score (nSPS) is 9.30. The summed E-state index contributed by atoms with van der Waals surface area (Å²) in [6, 6.07) is 6.58. The first-order valence-corrected chi connectivity index (χ1v) is 6.26. The lowest BCUT2D eigenvalue weighted by Crippen LogP contribution is -2.38. The Kier molecular flexibility index (Phi) is 6.11. The van der Waals surface area contributed by atoms with E-state index in [0.717, 1.165) is 0 Å².